The third-order valence-corrected chi connectivity index (χ3v) is 8.08. The van der Waals surface area contributed by atoms with Crippen molar-refractivity contribution in [3.8, 4) is 34.0 Å². The summed E-state index contributed by atoms with van der Waals surface area (Å²) in [4.78, 5) is 9.29. The SMILES string of the molecule is C[C@@H]1C[C@@H](n2cc(-c3ncc4cc(-c5ccccc5)oc4n3)c(-c3ccc(F)cc3)n2)CN1S(C)(=O)=O. The summed E-state index contributed by atoms with van der Waals surface area (Å²) < 4.78 is 47.4. The van der Waals surface area contributed by atoms with E-state index in [4.69, 9.17) is 14.5 Å². The van der Waals surface area contributed by atoms with Crippen LogP contribution in [0.3, 0.4) is 0 Å². The van der Waals surface area contributed by atoms with Crippen LogP contribution in [-0.4, -0.2) is 51.3 Å². The molecule has 2 atom stereocenters. The minimum absolute atomic E-state index is 0.144. The standard InChI is InChI=1S/C27H24FN5O3S/c1-17-12-22(15-33(17)37(2,34)35)32-16-23(25(31-32)19-8-10-21(28)11-9-19)26-29-14-20-13-24(36-27(20)30-26)18-6-4-3-5-7-18/h3-11,13-14,16-17,22H,12,15H2,1-2H3/t17-,22-/m1/s1. The second-order valence-electron chi connectivity index (χ2n) is 9.38. The molecule has 3 aromatic heterocycles. The van der Waals surface area contributed by atoms with Gasteiger partial charge in [0.15, 0.2) is 5.82 Å². The van der Waals surface area contributed by atoms with Crippen LogP contribution in [0.1, 0.15) is 19.4 Å². The lowest BCUT2D eigenvalue weighted by Crippen LogP contribution is -2.33. The lowest BCUT2D eigenvalue weighted by atomic mass is 10.1. The number of sulfonamides is 1. The summed E-state index contributed by atoms with van der Waals surface area (Å²) in [7, 11) is -3.34. The first-order valence-corrected chi connectivity index (χ1v) is 13.8. The molecule has 0 spiro atoms. The van der Waals surface area contributed by atoms with Crippen LogP contribution >= 0.6 is 0 Å². The number of nitrogens with zero attached hydrogens (tertiary/aromatic N) is 5. The van der Waals surface area contributed by atoms with Gasteiger partial charge in [-0.3, -0.25) is 4.68 Å². The fourth-order valence-corrected chi connectivity index (χ4v) is 6.08. The number of hydrogen-bond donors (Lipinski definition) is 0. The zero-order valence-electron chi connectivity index (χ0n) is 20.2. The van der Waals surface area contributed by atoms with Crippen molar-refractivity contribution in [3.05, 3.63) is 78.9 Å². The van der Waals surface area contributed by atoms with Gasteiger partial charge in [-0.2, -0.15) is 14.4 Å². The predicted octanol–water partition coefficient (Wildman–Crippen LogP) is 5.15. The molecule has 1 aliphatic rings. The van der Waals surface area contributed by atoms with Gasteiger partial charge in [-0.1, -0.05) is 30.3 Å². The molecule has 0 radical (unpaired) electrons. The predicted molar refractivity (Wildman–Crippen MR) is 139 cm³/mol. The molecule has 1 fully saturated rings. The maximum Gasteiger partial charge on any atom is 0.230 e. The van der Waals surface area contributed by atoms with Crippen LogP contribution < -0.4 is 0 Å². The fourth-order valence-electron chi connectivity index (χ4n) is 4.90. The molecule has 0 N–H and O–H groups in total. The minimum Gasteiger partial charge on any atom is -0.438 e. The molecular formula is C27H24FN5O3S. The number of benzene rings is 2. The van der Waals surface area contributed by atoms with Gasteiger partial charge in [-0.15, -0.1) is 0 Å². The molecule has 0 saturated carbocycles. The Bertz CT molecular complexity index is 1700. The molecule has 4 heterocycles. The van der Waals surface area contributed by atoms with Crippen molar-refractivity contribution >= 4 is 21.1 Å². The Labute approximate surface area is 213 Å². The first kappa shape index (κ1) is 23.5. The Balaban J connectivity index is 1.44. The van der Waals surface area contributed by atoms with Crippen molar-refractivity contribution in [2.45, 2.75) is 25.4 Å². The van der Waals surface area contributed by atoms with Crippen molar-refractivity contribution in [2.75, 3.05) is 12.8 Å². The number of aromatic nitrogens is 4. The van der Waals surface area contributed by atoms with Crippen LogP contribution in [0.15, 0.2) is 77.5 Å². The zero-order chi connectivity index (χ0) is 25.7. The highest BCUT2D eigenvalue weighted by molar-refractivity contribution is 7.88. The van der Waals surface area contributed by atoms with E-state index >= 15 is 0 Å². The van der Waals surface area contributed by atoms with E-state index in [0.717, 1.165) is 10.9 Å². The van der Waals surface area contributed by atoms with E-state index in [2.05, 4.69) is 4.98 Å². The van der Waals surface area contributed by atoms with Crippen LogP contribution in [0.4, 0.5) is 4.39 Å². The van der Waals surface area contributed by atoms with Gasteiger partial charge in [0, 0.05) is 36.1 Å². The molecule has 10 heteroatoms. The van der Waals surface area contributed by atoms with Gasteiger partial charge in [-0.25, -0.2) is 17.8 Å². The minimum atomic E-state index is -3.34. The normalized spacial score (nSPS) is 18.6. The second-order valence-corrected chi connectivity index (χ2v) is 11.3. The highest BCUT2D eigenvalue weighted by atomic mass is 32.2. The maximum atomic E-state index is 13.7. The summed E-state index contributed by atoms with van der Waals surface area (Å²) in [6.45, 7) is 2.22. The third kappa shape index (κ3) is 4.42. The second kappa shape index (κ2) is 8.89. The highest BCUT2D eigenvalue weighted by Gasteiger charge is 2.36. The van der Waals surface area contributed by atoms with Crippen molar-refractivity contribution < 1.29 is 17.2 Å². The highest BCUT2D eigenvalue weighted by Crippen LogP contribution is 2.35. The van der Waals surface area contributed by atoms with Crippen LogP contribution in [0.2, 0.25) is 0 Å². The van der Waals surface area contributed by atoms with Crippen LogP contribution in [0, 0.1) is 5.82 Å². The van der Waals surface area contributed by atoms with E-state index in [1.54, 1.807) is 23.0 Å². The lowest BCUT2D eigenvalue weighted by molar-refractivity contribution is 0.404. The van der Waals surface area contributed by atoms with Gasteiger partial charge < -0.3 is 4.42 Å². The molecule has 8 nitrogen and oxygen atoms in total. The van der Waals surface area contributed by atoms with Crippen LogP contribution in [0.5, 0.6) is 0 Å². The van der Waals surface area contributed by atoms with Gasteiger partial charge in [0.25, 0.3) is 0 Å². The van der Waals surface area contributed by atoms with Gasteiger partial charge >= 0.3 is 0 Å². The van der Waals surface area contributed by atoms with Crippen LogP contribution in [-0.2, 0) is 10.0 Å². The summed E-state index contributed by atoms with van der Waals surface area (Å²) in [6.07, 6.45) is 5.39. The Morgan fingerprint density at radius 2 is 1.81 bits per heavy atom. The topological polar surface area (TPSA) is 94.1 Å². The first-order valence-electron chi connectivity index (χ1n) is 11.9. The maximum absolute atomic E-state index is 13.7. The van der Waals surface area contributed by atoms with E-state index in [-0.39, 0.29) is 17.9 Å². The summed E-state index contributed by atoms with van der Waals surface area (Å²) in [5.74, 6) is 0.759. The first-order chi connectivity index (χ1) is 17.8. The van der Waals surface area contributed by atoms with Crippen molar-refractivity contribution in [3.63, 3.8) is 0 Å². The smallest absolute Gasteiger partial charge is 0.230 e. The van der Waals surface area contributed by atoms with Gasteiger partial charge in [0.05, 0.1) is 23.2 Å². The molecule has 188 valence electrons. The number of hydrogen-bond acceptors (Lipinski definition) is 6. The third-order valence-electron chi connectivity index (χ3n) is 6.72. The average molecular weight is 518 g/mol. The van der Waals surface area contributed by atoms with Gasteiger partial charge in [-0.05, 0) is 43.7 Å². The van der Waals surface area contributed by atoms with Crippen molar-refractivity contribution in [1.29, 1.82) is 0 Å². The zero-order valence-corrected chi connectivity index (χ0v) is 21.1. The molecule has 6 rings (SSSR count). The monoisotopic (exact) mass is 517 g/mol. The molecule has 0 bridgehead atoms. The van der Waals surface area contributed by atoms with E-state index in [1.807, 2.05) is 49.5 Å². The Kier molecular flexibility index (Phi) is 5.65. The molecule has 1 aliphatic heterocycles. The van der Waals surface area contributed by atoms with E-state index in [1.165, 1.54) is 22.7 Å². The molecule has 0 unspecified atom stereocenters. The Morgan fingerprint density at radius 3 is 2.51 bits per heavy atom. The molecular weight excluding hydrogens is 493 g/mol. The van der Waals surface area contributed by atoms with E-state index < -0.39 is 10.0 Å². The summed E-state index contributed by atoms with van der Waals surface area (Å²) in [6, 6.07) is 17.4. The van der Waals surface area contributed by atoms with E-state index in [0.29, 0.717) is 47.1 Å². The summed E-state index contributed by atoms with van der Waals surface area (Å²) in [5, 5.41) is 5.58. The molecule has 2 aromatic carbocycles. The lowest BCUT2D eigenvalue weighted by Gasteiger charge is -2.17. The quantitative estimate of drug-likeness (QED) is 0.320. The molecule has 1 saturated heterocycles. The summed E-state index contributed by atoms with van der Waals surface area (Å²) >= 11 is 0. The Hall–Kier alpha value is -3.89. The number of rotatable bonds is 5. The fraction of sp³-hybridized carbons (Fsp3) is 0.222. The average Bonchev–Trinajstić information content (AvgIpc) is 3.60. The molecule has 5 aromatic rings. The number of furan rings is 1. The van der Waals surface area contributed by atoms with Crippen molar-refractivity contribution in [2.24, 2.45) is 0 Å². The largest absolute Gasteiger partial charge is 0.438 e. The van der Waals surface area contributed by atoms with Crippen LogP contribution in [0.25, 0.3) is 45.1 Å². The number of halogens is 1. The van der Waals surface area contributed by atoms with E-state index in [9.17, 15) is 12.8 Å². The number of fused-ring (bicyclic) bond motifs is 1. The molecule has 0 aliphatic carbocycles. The van der Waals surface area contributed by atoms with Gasteiger partial charge in [0.1, 0.15) is 17.3 Å². The van der Waals surface area contributed by atoms with Crippen molar-refractivity contribution in [1.82, 2.24) is 24.1 Å². The Morgan fingerprint density at radius 1 is 1.05 bits per heavy atom. The summed E-state index contributed by atoms with van der Waals surface area (Å²) in [5.41, 5.74) is 3.32. The van der Waals surface area contributed by atoms with Gasteiger partial charge in [0.2, 0.25) is 15.7 Å². The molecule has 37 heavy (non-hydrogen) atoms. The molecule has 0 amide bonds.